The van der Waals surface area contributed by atoms with Crippen LogP contribution in [0.2, 0.25) is 0 Å². The molecular weight excluding hydrogens is 224 g/mol. The predicted molar refractivity (Wildman–Crippen MR) is 59.3 cm³/mol. The van der Waals surface area contributed by atoms with Crippen LogP contribution >= 0.6 is 0 Å². The molecule has 0 aliphatic heterocycles. The SMILES string of the molecule is CNC(c1ncccn1)c1ccc(F)cc1F. The van der Waals surface area contributed by atoms with Crippen LogP contribution in [0, 0.1) is 11.6 Å². The van der Waals surface area contributed by atoms with E-state index >= 15 is 0 Å². The summed E-state index contributed by atoms with van der Waals surface area (Å²) >= 11 is 0. The van der Waals surface area contributed by atoms with Crippen LogP contribution in [-0.2, 0) is 0 Å². The molecule has 5 heteroatoms. The van der Waals surface area contributed by atoms with Crippen molar-refractivity contribution in [1.29, 1.82) is 0 Å². The van der Waals surface area contributed by atoms with Crippen LogP contribution in [0.3, 0.4) is 0 Å². The lowest BCUT2D eigenvalue weighted by Crippen LogP contribution is -2.21. The first-order valence-corrected chi connectivity index (χ1v) is 5.11. The minimum atomic E-state index is -0.614. The van der Waals surface area contributed by atoms with E-state index in [0.29, 0.717) is 11.4 Å². The van der Waals surface area contributed by atoms with Gasteiger partial charge in [-0.2, -0.15) is 0 Å². The van der Waals surface area contributed by atoms with Crippen molar-refractivity contribution in [2.45, 2.75) is 6.04 Å². The van der Waals surface area contributed by atoms with Crippen LogP contribution in [0.25, 0.3) is 0 Å². The zero-order chi connectivity index (χ0) is 12.3. The lowest BCUT2D eigenvalue weighted by Gasteiger charge is -2.15. The summed E-state index contributed by atoms with van der Waals surface area (Å²) in [6.07, 6.45) is 3.15. The van der Waals surface area contributed by atoms with Gasteiger partial charge in [0.1, 0.15) is 17.5 Å². The average Bonchev–Trinajstić information content (AvgIpc) is 2.34. The Morgan fingerprint density at radius 1 is 1.18 bits per heavy atom. The number of hydrogen-bond acceptors (Lipinski definition) is 3. The Balaban J connectivity index is 2.42. The van der Waals surface area contributed by atoms with Crippen molar-refractivity contribution in [3.8, 4) is 0 Å². The first-order chi connectivity index (χ1) is 8.22. The molecule has 0 amide bonds. The fourth-order valence-corrected chi connectivity index (χ4v) is 1.62. The molecule has 0 spiro atoms. The van der Waals surface area contributed by atoms with Gasteiger partial charge in [-0.25, -0.2) is 18.7 Å². The molecule has 1 unspecified atom stereocenters. The Morgan fingerprint density at radius 3 is 2.47 bits per heavy atom. The second-order valence-electron chi connectivity index (χ2n) is 3.49. The van der Waals surface area contributed by atoms with Gasteiger partial charge in [-0.3, -0.25) is 0 Å². The van der Waals surface area contributed by atoms with E-state index in [0.717, 1.165) is 6.07 Å². The van der Waals surface area contributed by atoms with E-state index in [-0.39, 0.29) is 0 Å². The number of aromatic nitrogens is 2. The van der Waals surface area contributed by atoms with E-state index in [1.54, 1.807) is 25.5 Å². The monoisotopic (exact) mass is 235 g/mol. The number of halogens is 2. The molecule has 0 radical (unpaired) electrons. The highest BCUT2D eigenvalue weighted by atomic mass is 19.1. The molecule has 0 aliphatic carbocycles. The molecule has 88 valence electrons. The maximum Gasteiger partial charge on any atom is 0.149 e. The number of rotatable bonds is 3. The molecule has 0 fully saturated rings. The zero-order valence-electron chi connectivity index (χ0n) is 9.19. The Labute approximate surface area is 97.5 Å². The molecule has 0 aliphatic rings. The maximum absolute atomic E-state index is 13.6. The fourth-order valence-electron chi connectivity index (χ4n) is 1.62. The Hall–Kier alpha value is -1.88. The second kappa shape index (κ2) is 4.97. The molecule has 3 nitrogen and oxygen atoms in total. The van der Waals surface area contributed by atoms with Gasteiger partial charge >= 0.3 is 0 Å². The Kier molecular flexibility index (Phi) is 3.39. The van der Waals surface area contributed by atoms with E-state index < -0.39 is 17.7 Å². The summed E-state index contributed by atoms with van der Waals surface area (Å²) < 4.78 is 26.5. The smallest absolute Gasteiger partial charge is 0.149 e. The number of benzene rings is 1. The number of nitrogens with one attached hydrogen (secondary N) is 1. The van der Waals surface area contributed by atoms with Gasteiger partial charge in [-0.15, -0.1) is 0 Å². The van der Waals surface area contributed by atoms with Gasteiger partial charge in [0, 0.05) is 24.0 Å². The molecule has 1 aromatic carbocycles. The molecular formula is C12H11F2N3. The number of nitrogens with zero attached hydrogens (tertiary/aromatic N) is 2. The van der Waals surface area contributed by atoms with Gasteiger partial charge in [0.2, 0.25) is 0 Å². The van der Waals surface area contributed by atoms with Crippen LogP contribution in [-0.4, -0.2) is 17.0 Å². The predicted octanol–water partition coefficient (Wildman–Crippen LogP) is 2.06. The normalized spacial score (nSPS) is 12.4. The van der Waals surface area contributed by atoms with Crippen molar-refractivity contribution < 1.29 is 8.78 Å². The molecule has 0 bridgehead atoms. The third kappa shape index (κ3) is 2.45. The van der Waals surface area contributed by atoms with Gasteiger partial charge in [-0.1, -0.05) is 6.07 Å². The molecule has 1 heterocycles. The van der Waals surface area contributed by atoms with Gasteiger partial charge in [0.05, 0.1) is 6.04 Å². The standard InChI is InChI=1S/C12H11F2N3/c1-15-11(12-16-5-2-6-17-12)9-4-3-8(13)7-10(9)14/h2-7,11,15H,1H3. The van der Waals surface area contributed by atoms with E-state index in [1.165, 1.54) is 12.1 Å². The summed E-state index contributed by atoms with van der Waals surface area (Å²) in [5, 5.41) is 2.91. The Morgan fingerprint density at radius 2 is 1.88 bits per heavy atom. The van der Waals surface area contributed by atoms with Crippen molar-refractivity contribution in [3.63, 3.8) is 0 Å². The topological polar surface area (TPSA) is 37.8 Å². The lowest BCUT2D eigenvalue weighted by molar-refractivity contribution is 0.543. The van der Waals surface area contributed by atoms with Crippen LogP contribution in [0.4, 0.5) is 8.78 Å². The average molecular weight is 235 g/mol. The van der Waals surface area contributed by atoms with Crippen LogP contribution in [0.1, 0.15) is 17.4 Å². The summed E-state index contributed by atoms with van der Waals surface area (Å²) in [6, 6.07) is 4.64. The quantitative estimate of drug-likeness (QED) is 0.884. The summed E-state index contributed by atoms with van der Waals surface area (Å²) in [7, 11) is 1.67. The summed E-state index contributed by atoms with van der Waals surface area (Å²) in [4.78, 5) is 8.11. The van der Waals surface area contributed by atoms with Crippen LogP contribution < -0.4 is 5.32 Å². The number of hydrogen-bond donors (Lipinski definition) is 1. The molecule has 17 heavy (non-hydrogen) atoms. The fraction of sp³-hybridized carbons (Fsp3) is 0.167. The van der Waals surface area contributed by atoms with Crippen molar-refractivity contribution in [1.82, 2.24) is 15.3 Å². The van der Waals surface area contributed by atoms with E-state index in [1.807, 2.05) is 0 Å². The molecule has 1 atom stereocenters. The zero-order valence-corrected chi connectivity index (χ0v) is 9.19. The molecule has 2 aromatic rings. The highest BCUT2D eigenvalue weighted by Crippen LogP contribution is 2.21. The first-order valence-electron chi connectivity index (χ1n) is 5.11. The van der Waals surface area contributed by atoms with Gasteiger partial charge in [0.15, 0.2) is 0 Å². The molecule has 1 N–H and O–H groups in total. The van der Waals surface area contributed by atoms with Crippen molar-refractivity contribution in [2.75, 3.05) is 7.05 Å². The van der Waals surface area contributed by atoms with E-state index in [4.69, 9.17) is 0 Å². The minimum Gasteiger partial charge on any atom is -0.307 e. The van der Waals surface area contributed by atoms with E-state index in [9.17, 15) is 8.78 Å². The minimum absolute atomic E-state index is 0.320. The molecule has 0 saturated carbocycles. The summed E-state index contributed by atoms with van der Waals surface area (Å²) in [6.45, 7) is 0. The van der Waals surface area contributed by atoms with E-state index in [2.05, 4.69) is 15.3 Å². The van der Waals surface area contributed by atoms with Gasteiger partial charge < -0.3 is 5.32 Å². The van der Waals surface area contributed by atoms with Gasteiger partial charge in [-0.05, 0) is 19.2 Å². The summed E-state index contributed by atoms with van der Waals surface area (Å²) in [5.41, 5.74) is 0.320. The third-order valence-electron chi connectivity index (χ3n) is 2.41. The highest BCUT2D eigenvalue weighted by molar-refractivity contribution is 5.26. The lowest BCUT2D eigenvalue weighted by atomic mass is 10.1. The summed E-state index contributed by atoms with van der Waals surface area (Å²) in [5.74, 6) is -0.771. The largest absolute Gasteiger partial charge is 0.307 e. The highest BCUT2D eigenvalue weighted by Gasteiger charge is 2.18. The molecule has 1 aromatic heterocycles. The van der Waals surface area contributed by atoms with Crippen molar-refractivity contribution in [2.24, 2.45) is 0 Å². The van der Waals surface area contributed by atoms with Crippen molar-refractivity contribution >= 4 is 0 Å². The maximum atomic E-state index is 13.6. The molecule has 2 rings (SSSR count). The van der Waals surface area contributed by atoms with Gasteiger partial charge in [0.25, 0.3) is 0 Å². The Bertz CT molecular complexity index is 502. The van der Waals surface area contributed by atoms with Crippen LogP contribution in [0.15, 0.2) is 36.7 Å². The van der Waals surface area contributed by atoms with Crippen LogP contribution in [0.5, 0.6) is 0 Å². The second-order valence-corrected chi connectivity index (χ2v) is 3.49. The third-order valence-corrected chi connectivity index (χ3v) is 2.41. The molecule has 0 saturated heterocycles. The first kappa shape index (κ1) is 11.6. The van der Waals surface area contributed by atoms with Crippen molar-refractivity contribution in [3.05, 3.63) is 59.7 Å².